The summed E-state index contributed by atoms with van der Waals surface area (Å²) in [4.78, 5) is 24.2. The average Bonchev–Trinajstić information content (AvgIpc) is 2.37. The van der Waals surface area contributed by atoms with Crippen LogP contribution in [0.15, 0.2) is 0 Å². The Hall–Kier alpha value is -1.10. The quantitative estimate of drug-likeness (QED) is 0.691. The standard InChI is InChI=1S/C14H27N3O2/c1-10(2)9-11(12(18)15-4)17-13(19)14(3)7-5-6-8-16-14/h10-11,16H,5-9H2,1-4H3,(H,15,18)(H,17,19). The first-order valence-corrected chi connectivity index (χ1v) is 7.16. The Morgan fingerprint density at radius 2 is 2.00 bits per heavy atom. The van der Waals surface area contributed by atoms with Crippen LogP contribution in [0.3, 0.4) is 0 Å². The summed E-state index contributed by atoms with van der Waals surface area (Å²) in [7, 11) is 1.60. The van der Waals surface area contributed by atoms with Crippen molar-refractivity contribution in [3.63, 3.8) is 0 Å². The largest absolute Gasteiger partial charge is 0.357 e. The normalized spacial score (nSPS) is 24.9. The van der Waals surface area contributed by atoms with Gasteiger partial charge in [0.2, 0.25) is 11.8 Å². The average molecular weight is 269 g/mol. The molecule has 5 nitrogen and oxygen atoms in total. The van der Waals surface area contributed by atoms with Crippen molar-refractivity contribution in [2.45, 2.75) is 58.0 Å². The zero-order valence-electron chi connectivity index (χ0n) is 12.5. The number of likely N-dealkylation sites (N-methyl/N-ethyl adjacent to an activating group) is 1. The molecule has 3 N–H and O–H groups in total. The van der Waals surface area contributed by atoms with E-state index < -0.39 is 11.6 Å². The molecule has 1 heterocycles. The fraction of sp³-hybridized carbons (Fsp3) is 0.857. The van der Waals surface area contributed by atoms with Crippen molar-refractivity contribution < 1.29 is 9.59 Å². The van der Waals surface area contributed by atoms with Crippen LogP contribution in [0.4, 0.5) is 0 Å². The maximum absolute atomic E-state index is 12.4. The summed E-state index contributed by atoms with van der Waals surface area (Å²) in [6.07, 6.45) is 3.63. The van der Waals surface area contributed by atoms with Crippen molar-refractivity contribution >= 4 is 11.8 Å². The van der Waals surface area contributed by atoms with Gasteiger partial charge in [-0.05, 0) is 45.1 Å². The molecule has 19 heavy (non-hydrogen) atoms. The van der Waals surface area contributed by atoms with Gasteiger partial charge in [-0.2, -0.15) is 0 Å². The molecule has 2 unspecified atom stereocenters. The van der Waals surface area contributed by atoms with Gasteiger partial charge in [-0.25, -0.2) is 0 Å². The monoisotopic (exact) mass is 269 g/mol. The SMILES string of the molecule is CNC(=O)C(CC(C)C)NC(=O)C1(C)CCCCN1. The van der Waals surface area contributed by atoms with Gasteiger partial charge in [0.1, 0.15) is 6.04 Å². The van der Waals surface area contributed by atoms with E-state index in [2.05, 4.69) is 16.0 Å². The lowest BCUT2D eigenvalue weighted by molar-refractivity contribution is -0.133. The number of hydrogen-bond acceptors (Lipinski definition) is 3. The maximum atomic E-state index is 12.4. The maximum Gasteiger partial charge on any atom is 0.242 e. The van der Waals surface area contributed by atoms with E-state index in [4.69, 9.17) is 0 Å². The molecule has 0 bridgehead atoms. The van der Waals surface area contributed by atoms with Crippen LogP contribution >= 0.6 is 0 Å². The molecule has 5 heteroatoms. The molecule has 0 aromatic heterocycles. The highest BCUT2D eigenvalue weighted by Gasteiger charge is 2.36. The third-order valence-electron chi connectivity index (χ3n) is 3.70. The zero-order chi connectivity index (χ0) is 14.5. The predicted octanol–water partition coefficient (Wildman–Crippen LogP) is 0.795. The van der Waals surface area contributed by atoms with Crippen LogP contribution in [0.2, 0.25) is 0 Å². The summed E-state index contributed by atoms with van der Waals surface area (Å²) < 4.78 is 0. The van der Waals surface area contributed by atoms with Crippen molar-refractivity contribution in [3.05, 3.63) is 0 Å². The molecule has 1 fully saturated rings. The van der Waals surface area contributed by atoms with Gasteiger partial charge in [-0.15, -0.1) is 0 Å². The lowest BCUT2D eigenvalue weighted by Gasteiger charge is -2.35. The lowest BCUT2D eigenvalue weighted by atomic mass is 9.89. The van der Waals surface area contributed by atoms with Gasteiger partial charge < -0.3 is 16.0 Å². The molecule has 2 amide bonds. The van der Waals surface area contributed by atoms with Crippen molar-refractivity contribution in [2.24, 2.45) is 5.92 Å². The lowest BCUT2D eigenvalue weighted by Crippen LogP contribution is -2.60. The first kappa shape index (κ1) is 16.0. The minimum atomic E-state index is -0.540. The van der Waals surface area contributed by atoms with E-state index in [-0.39, 0.29) is 11.8 Å². The molecule has 0 radical (unpaired) electrons. The molecule has 1 saturated heterocycles. The summed E-state index contributed by atoms with van der Waals surface area (Å²) in [5, 5.41) is 8.78. The number of carbonyl (C=O) groups excluding carboxylic acids is 2. The third kappa shape index (κ3) is 4.49. The summed E-state index contributed by atoms with van der Waals surface area (Å²) in [5.74, 6) is 0.164. The van der Waals surface area contributed by atoms with Gasteiger partial charge in [-0.1, -0.05) is 13.8 Å². The van der Waals surface area contributed by atoms with Crippen molar-refractivity contribution in [3.8, 4) is 0 Å². The first-order valence-electron chi connectivity index (χ1n) is 7.16. The van der Waals surface area contributed by atoms with E-state index in [1.165, 1.54) is 0 Å². The molecular formula is C14H27N3O2. The molecule has 0 spiro atoms. The fourth-order valence-electron chi connectivity index (χ4n) is 2.44. The second-order valence-electron chi connectivity index (χ2n) is 5.99. The molecular weight excluding hydrogens is 242 g/mol. The fourth-order valence-corrected chi connectivity index (χ4v) is 2.44. The van der Waals surface area contributed by atoms with Gasteiger partial charge in [0.25, 0.3) is 0 Å². The Morgan fingerprint density at radius 1 is 1.32 bits per heavy atom. The second kappa shape index (κ2) is 6.89. The van der Waals surface area contributed by atoms with Gasteiger partial charge in [-0.3, -0.25) is 9.59 Å². The van der Waals surface area contributed by atoms with Crippen LogP contribution in [0.25, 0.3) is 0 Å². The molecule has 0 saturated carbocycles. The van der Waals surface area contributed by atoms with Gasteiger partial charge in [0.15, 0.2) is 0 Å². The van der Waals surface area contributed by atoms with Crippen molar-refractivity contribution in [1.29, 1.82) is 0 Å². The predicted molar refractivity (Wildman–Crippen MR) is 75.7 cm³/mol. The topological polar surface area (TPSA) is 70.2 Å². The van der Waals surface area contributed by atoms with E-state index in [1.54, 1.807) is 7.05 Å². The Morgan fingerprint density at radius 3 is 2.47 bits per heavy atom. The molecule has 110 valence electrons. The number of piperidine rings is 1. The van der Waals surface area contributed by atoms with Crippen molar-refractivity contribution in [1.82, 2.24) is 16.0 Å². The highest BCUT2D eigenvalue weighted by molar-refractivity contribution is 5.91. The molecule has 0 aromatic carbocycles. The number of nitrogens with one attached hydrogen (secondary N) is 3. The minimum Gasteiger partial charge on any atom is -0.357 e. The summed E-state index contributed by atoms with van der Waals surface area (Å²) >= 11 is 0. The van der Waals surface area contributed by atoms with Gasteiger partial charge in [0.05, 0.1) is 5.54 Å². The van der Waals surface area contributed by atoms with Crippen LogP contribution in [0.1, 0.15) is 46.5 Å². The van der Waals surface area contributed by atoms with E-state index >= 15 is 0 Å². The van der Waals surface area contributed by atoms with Gasteiger partial charge in [0, 0.05) is 7.05 Å². The summed E-state index contributed by atoms with van der Waals surface area (Å²) in [5.41, 5.74) is -0.540. The molecule has 1 aliphatic rings. The van der Waals surface area contributed by atoms with Crippen molar-refractivity contribution in [2.75, 3.05) is 13.6 Å². The third-order valence-corrected chi connectivity index (χ3v) is 3.70. The highest BCUT2D eigenvalue weighted by atomic mass is 16.2. The van der Waals surface area contributed by atoms with Crippen LogP contribution in [0.5, 0.6) is 0 Å². The zero-order valence-corrected chi connectivity index (χ0v) is 12.5. The Bertz CT molecular complexity index is 323. The summed E-state index contributed by atoms with van der Waals surface area (Å²) in [6.45, 7) is 6.86. The van der Waals surface area contributed by atoms with E-state index in [0.29, 0.717) is 12.3 Å². The Labute approximate surface area is 115 Å². The van der Waals surface area contributed by atoms with E-state index in [0.717, 1.165) is 25.8 Å². The van der Waals surface area contributed by atoms with E-state index in [9.17, 15) is 9.59 Å². The van der Waals surface area contributed by atoms with Crippen LogP contribution < -0.4 is 16.0 Å². The Balaban J connectivity index is 2.66. The van der Waals surface area contributed by atoms with Gasteiger partial charge >= 0.3 is 0 Å². The molecule has 1 rings (SSSR count). The smallest absolute Gasteiger partial charge is 0.242 e. The van der Waals surface area contributed by atoms with Crippen LogP contribution in [-0.2, 0) is 9.59 Å². The molecule has 0 aromatic rings. The number of carbonyl (C=O) groups is 2. The van der Waals surface area contributed by atoms with Crippen LogP contribution in [0, 0.1) is 5.92 Å². The number of amides is 2. The molecule has 2 atom stereocenters. The summed E-state index contributed by atoms with van der Waals surface area (Å²) in [6, 6.07) is -0.446. The Kier molecular flexibility index (Phi) is 5.79. The molecule has 0 aliphatic carbocycles. The molecule has 1 aliphatic heterocycles. The van der Waals surface area contributed by atoms with E-state index in [1.807, 2.05) is 20.8 Å². The minimum absolute atomic E-state index is 0.0681. The number of hydrogen-bond donors (Lipinski definition) is 3. The highest BCUT2D eigenvalue weighted by Crippen LogP contribution is 2.19. The first-order chi connectivity index (χ1) is 8.89. The number of rotatable bonds is 5. The second-order valence-corrected chi connectivity index (χ2v) is 5.99. The van der Waals surface area contributed by atoms with Crippen LogP contribution in [-0.4, -0.2) is 37.0 Å².